The van der Waals surface area contributed by atoms with Gasteiger partial charge in [0.15, 0.2) is 0 Å². The number of nitrogens with one attached hydrogen (secondary N) is 1. The van der Waals surface area contributed by atoms with Gasteiger partial charge in [0.1, 0.15) is 36.4 Å². The molecular formula is C37H34F6N6O5S. The summed E-state index contributed by atoms with van der Waals surface area (Å²) in [5, 5.41) is 6.66. The third-order valence-electron chi connectivity index (χ3n) is 9.76. The predicted molar refractivity (Wildman–Crippen MR) is 187 cm³/mol. The summed E-state index contributed by atoms with van der Waals surface area (Å²) in [5.41, 5.74) is -1.45. The van der Waals surface area contributed by atoms with Crippen LogP contribution in [0.15, 0.2) is 76.4 Å². The third kappa shape index (κ3) is 7.75. The molecule has 7 rings (SSSR count). The van der Waals surface area contributed by atoms with Crippen LogP contribution in [0.1, 0.15) is 53.1 Å². The molecule has 0 spiro atoms. The average molecular weight is 789 g/mol. The molecule has 2 aromatic heterocycles. The lowest BCUT2D eigenvalue weighted by molar-refractivity contribution is -0.122. The zero-order chi connectivity index (χ0) is 39.0. The minimum atomic E-state index is -3.92. The monoisotopic (exact) mass is 788 g/mol. The van der Waals surface area contributed by atoms with Gasteiger partial charge in [-0.25, -0.2) is 35.4 Å². The molecule has 1 saturated carbocycles. The second-order valence-corrected chi connectivity index (χ2v) is 15.3. The molecule has 1 unspecified atom stereocenters. The molecule has 55 heavy (non-hydrogen) atoms. The summed E-state index contributed by atoms with van der Waals surface area (Å²) in [5.74, 6) is -4.15. The lowest BCUT2D eigenvalue weighted by Crippen LogP contribution is -2.40. The number of benzene rings is 3. The fourth-order valence-corrected chi connectivity index (χ4v) is 8.43. The van der Waals surface area contributed by atoms with E-state index in [0.717, 1.165) is 21.4 Å². The minimum absolute atomic E-state index is 0.0421. The summed E-state index contributed by atoms with van der Waals surface area (Å²) >= 11 is 0. The lowest BCUT2D eigenvalue weighted by atomic mass is 10.0. The van der Waals surface area contributed by atoms with Crippen molar-refractivity contribution in [2.45, 2.75) is 49.3 Å². The Bertz CT molecular complexity index is 2380. The molecule has 0 bridgehead atoms. The van der Waals surface area contributed by atoms with Crippen LogP contribution in [0, 0.1) is 17.6 Å². The van der Waals surface area contributed by atoms with Crippen molar-refractivity contribution >= 4 is 26.8 Å². The summed E-state index contributed by atoms with van der Waals surface area (Å²) in [7, 11) is -3.92. The molecule has 1 N–H and O–H groups in total. The molecule has 290 valence electrons. The van der Waals surface area contributed by atoms with Crippen LogP contribution < -0.4 is 10.9 Å². The number of ether oxygens (including phenoxy) is 1. The zero-order valence-electron chi connectivity index (χ0n) is 29.0. The maximum absolute atomic E-state index is 14.4. The van der Waals surface area contributed by atoms with Crippen molar-refractivity contribution in [1.29, 1.82) is 0 Å². The van der Waals surface area contributed by atoms with Gasteiger partial charge in [0.05, 0.1) is 53.1 Å². The minimum Gasteiger partial charge on any atom is -0.379 e. The van der Waals surface area contributed by atoms with E-state index in [1.54, 1.807) is 12.1 Å². The Kier molecular flexibility index (Phi) is 10.8. The van der Waals surface area contributed by atoms with E-state index in [1.165, 1.54) is 40.7 Å². The van der Waals surface area contributed by atoms with Crippen LogP contribution in [0.25, 0.3) is 16.6 Å². The number of amides is 1. The van der Waals surface area contributed by atoms with E-state index in [0.29, 0.717) is 6.07 Å². The summed E-state index contributed by atoms with van der Waals surface area (Å²) < 4.78 is 120. The van der Waals surface area contributed by atoms with Gasteiger partial charge in [-0.05, 0) is 72.4 Å². The van der Waals surface area contributed by atoms with E-state index in [2.05, 4.69) is 15.4 Å². The number of nitrogens with zero attached hydrogens (tertiary/aromatic N) is 5. The molecule has 0 radical (unpaired) electrons. The van der Waals surface area contributed by atoms with Gasteiger partial charge in [-0.15, -0.1) is 0 Å². The van der Waals surface area contributed by atoms with Crippen molar-refractivity contribution < 1.29 is 44.3 Å². The van der Waals surface area contributed by atoms with Gasteiger partial charge in [-0.2, -0.15) is 9.40 Å². The largest absolute Gasteiger partial charge is 0.379 e. The molecule has 18 heteroatoms. The first kappa shape index (κ1) is 38.2. The number of aromatic nitrogens is 4. The second kappa shape index (κ2) is 15.6. The smallest absolute Gasteiger partial charge is 0.282 e. The van der Waals surface area contributed by atoms with Gasteiger partial charge in [0.2, 0.25) is 15.9 Å². The number of hydrogen-bond acceptors (Lipinski definition) is 7. The number of halogens is 6. The Balaban J connectivity index is 1.31. The molecule has 1 saturated heterocycles. The summed E-state index contributed by atoms with van der Waals surface area (Å²) in [6, 6.07) is 13.0. The van der Waals surface area contributed by atoms with Crippen molar-refractivity contribution in [3.63, 3.8) is 0 Å². The van der Waals surface area contributed by atoms with E-state index in [4.69, 9.17) is 4.74 Å². The Morgan fingerprint density at radius 3 is 2.31 bits per heavy atom. The van der Waals surface area contributed by atoms with E-state index in [1.807, 2.05) is 0 Å². The molecule has 3 atom stereocenters. The molecule has 2 fully saturated rings. The SMILES string of the molecule is O=C(Cn1nc(C(F)F)c([C@H]2C[C@H]2CF)c1CF)NC(Cc1cc(F)cc(F)c1)c1nc2ccccc2c(=O)n1-c1ccc(S(=O)(=O)N2CCOCC2)cc1. The normalized spacial score (nSPS) is 18.2. The third-order valence-corrected chi connectivity index (χ3v) is 11.7. The van der Waals surface area contributed by atoms with Crippen molar-refractivity contribution in [3.8, 4) is 5.69 Å². The van der Waals surface area contributed by atoms with Gasteiger partial charge < -0.3 is 10.1 Å². The highest BCUT2D eigenvalue weighted by atomic mass is 32.2. The number of carbonyl (C=O) groups is 1. The summed E-state index contributed by atoms with van der Waals surface area (Å²) in [6.45, 7) is -2.09. The maximum atomic E-state index is 14.4. The number of carbonyl (C=O) groups excluding carboxylic acids is 1. The van der Waals surface area contributed by atoms with E-state index >= 15 is 0 Å². The summed E-state index contributed by atoms with van der Waals surface area (Å²) in [6.07, 6.45) is -3.26. The molecule has 1 aliphatic heterocycles. The molecule has 1 aliphatic carbocycles. The van der Waals surface area contributed by atoms with E-state index in [-0.39, 0.29) is 83.3 Å². The average Bonchev–Trinajstić information content (AvgIpc) is 3.86. The van der Waals surface area contributed by atoms with E-state index in [9.17, 15) is 44.3 Å². The van der Waals surface area contributed by atoms with Crippen molar-refractivity contribution in [2.75, 3.05) is 33.0 Å². The number of para-hydroxylation sites is 1. The first-order valence-electron chi connectivity index (χ1n) is 17.3. The molecule has 1 amide bonds. The topological polar surface area (TPSA) is 128 Å². The quantitative estimate of drug-likeness (QED) is 0.157. The fraction of sp³-hybridized carbons (Fsp3) is 0.351. The zero-order valence-corrected chi connectivity index (χ0v) is 29.8. The van der Waals surface area contributed by atoms with Crippen molar-refractivity contribution in [1.82, 2.24) is 29.0 Å². The van der Waals surface area contributed by atoms with Crippen LogP contribution in [-0.4, -0.2) is 70.9 Å². The van der Waals surface area contributed by atoms with Gasteiger partial charge in [0, 0.05) is 31.1 Å². The Morgan fingerprint density at radius 2 is 1.67 bits per heavy atom. The number of fused-ring (bicyclic) bond motifs is 1. The Hall–Kier alpha value is -5.07. The van der Waals surface area contributed by atoms with Crippen LogP contribution in [0.4, 0.5) is 26.3 Å². The molecule has 2 aliphatic rings. The number of alkyl halides is 4. The van der Waals surface area contributed by atoms with Crippen LogP contribution in [0.3, 0.4) is 0 Å². The highest BCUT2D eigenvalue weighted by Crippen LogP contribution is 2.51. The predicted octanol–water partition coefficient (Wildman–Crippen LogP) is 5.46. The van der Waals surface area contributed by atoms with E-state index < -0.39 is 83.0 Å². The van der Waals surface area contributed by atoms with Gasteiger partial charge in [-0.3, -0.25) is 23.2 Å². The van der Waals surface area contributed by atoms with Crippen molar-refractivity contribution in [3.05, 3.63) is 117 Å². The summed E-state index contributed by atoms with van der Waals surface area (Å²) in [4.78, 5) is 32.7. The van der Waals surface area contributed by atoms with Gasteiger partial charge in [0.25, 0.3) is 12.0 Å². The highest BCUT2D eigenvalue weighted by molar-refractivity contribution is 7.89. The van der Waals surface area contributed by atoms with Crippen LogP contribution in [0.5, 0.6) is 0 Å². The number of hydrogen-bond donors (Lipinski definition) is 1. The van der Waals surface area contributed by atoms with Gasteiger partial charge >= 0.3 is 0 Å². The number of rotatable bonds is 13. The Morgan fingerprint density at radius 1 is 0.982 bits per heavy atom. The molecule has 11 nitrogen and oxygen atoms in total. The number of sulfonamides is 1. The Labute approximate surface area is 310 Å². The molecule has 3 aromatic carbocycles. The lowest BCUT2D eigenvalue weighted by Gasteiger charge is -2.26. The first-order valence-corrected chi connectivity index (χ1v) is 18.8. The first-order chi connectivity index (χ1) is 26.4. The molecule has 5 aromatic rings. The van der Waals surface area contributed by atoms with Crippen molar-refractivity contribution in [2.24, 2.45) is 5.92 Å². The second-order valence-electron chi connectivity index (χ2n) is 13.3. The molecule has 3 heterocycles. The fourth-order valence-electron chi connectivity index (χ4n) is 7.02. The standard InChI is InChI=1S/C37H34F6N6O5S/c38-18-22-16-28(22)33-31(19-39)48(46-34(33)35(42)43)20-32(50)44-30(15-21-13-23(40)17-24(41)14-21)36-45-29-4-2-1-3-27(29)37(51)49(36)25-5-7-26(8-6-25)55(52,53)47-9-11-54-12-10-47/h1-8,13-14,17,22,28,30,35H,9-12,15-16,18-20H2,(H,44,50)/t22-,28-,30?/m0/s1. The van der Waals surface area contributed by atoms with Gasteiger partial charge in [-0.1, -0.05) is 12.1 Å². The van der Waals surface area contributed by atoms with Crippen LogP contribution >= 0.6 is 0 Å². The van der Waals surface area contributed by atoms with Crippen LogP contribution in [0.2, 0.25) is 0 Å². The van der Waals surface area contributed by atoms with Crippen LogP contribution in [-0.2, 0) is 39.2 Å². The highest BCUT2D eigenvalue weighted by Gasteiger charge is 2.44. The maximum Gasteiger partial charge on any atom is 0.282 e. The molecular weight excluding hydrogens is 754 g/mol. The number of morpholine rings is 1.